The van der Waals surface area contributed by atoms with Crippen LogP contribution in [0.5, 0.6) is 0 Å². The van der Waals surface area contributed by atoms with Crippen molar-refractivity contribution >= 4 is 11.3 Å². The normalized spacial score (nSPS) is 10.5. The van der Waals surface area contributed by atoms with Gasteiger partial charge in [0, 0.05) is 23.7 Å². The Morgan fingerprint density at radius 3 is 2.93 bits per heavy atom. The van der Waals surface area contributed by atoms with E-state index in [4.69, 9.17) is 0 Å². The monoisotopic (exact) mass is 219 g/mol. The summed E-state index contributed by atoms with van der Waals surface area (Å²) in [4.78, 5) is 12.9. The van der Waals surface area contributed by atoms with Crippen molar-refractivity contribution in [2.45, 2.75) is 19.9 Å². The lowest BCUT2D eigenvalue weighted by Gasteiger charge is -2.04. The minimum atomic E-state index is 0.0894. The Bertz CT molecular complexity index is 485. The minimum Gasteiger partial charge on any atom is -0.315 e. The van der Waals surface area contributed by atoms with Crippen LogP contribution in [0.4, 0.5) is 0 Å². The van der Waals surface area contributed by atoms with Gasteiger partial charge in [0.1, 0.15) is 0 Å². The highest BCUT2D eigenvalue weighted by molar-refractivity contribution is 7.09. The van der Waals surface area contributed by atoms with E-state index in [1.807, 2.05) is 25.3 Å². The summed E-state index contributed by atoms with van der Waals surface area (Å²) in [5, 5.41) is 2.06. The standard InChI is InChI=1S/C12H13NOS/c1-10-4-6-13(12(14)9-10)7-5-11-3-2-8-15-11/h2-4,6,8-9H,5,7H2,1H3. The first-order chi connectivity index (χ1) is 7.25. The van der Waals surface area contributed by atoms with E-state index >= 15 is 0 Å². The molecule has 0 amide bonds. The van der Waals surface area contributed by atoms with Gasteiger partial charge < -0.3 is 4.57 Å². The first-order valence-corrected chi connectivity index (χ1v) is 5.83. The molecule has 0 atom stereocenters. The number of rotatable bonds is 3. The zero-order valence-corrected chi connectivity index (χ0v) is 9.46. The summed E-state index contributed by atoms with van der Waals surface area (Å²) in [6.45, 7) is 2.70. The average Bonchev–Trinajstić information content (AvgIpc) is 2.69. The van der Waals surface area contributed by atoms with Gasteiger partial charge in [0.2, 0.25) is 0 Å². The third-order valence-corrected chi connectivity index (χ3v) is 3.27. The van der Waals surface area contributed by atoms with Gasteiger partial charge in [-0.25, -0.2) is 0 Å². The molecule has 0 spiro atoms. The third kappa shape index (κ3) is 2.57. The summed E-state index contributed by atoms with van der Waals surface area (Å²) in [7, 11) is 0. The molecule has 15 heavy (non-hydrogen) atoms. The molecule has 0 radical (unpaired) electrons. The Labute approximate surface area is 92.8 Å². The smallest absolute Gasteiger partial charge is 0.250 e. The van der Waals surface area contributed by atoms with Gasteiger partial charge in [-0.15, -0.1) is 11.3 Å². The summed E-state index contributed by atoms with van der Waals surface area (Å²) in [6, 6.07) is 7.78. The van der Waals surface area contributed by atoms with Crippen molar-refractivity contribution < 1.29 is 0 Å². The molecule has 78 valence electrons. The van der Waals surface area contributed by atoms with E-state index in [1.54, 1.807) is 22.0 Å². The van der Waals surface area contributed by atoms with Crippen LogP contribution in [0.1, 0.15) is 10.4 Å². The second-order valence-electron chi connectivity index (χ2n) is 3.57. The lowest BCUT2D eigenvalue weighted by molar-refractivity contribution is 0.673. The Balaban J connectivity index is 2.09. The van der Waals surface area contributed by atoms with Gasteiger partial charge in [-0.05, 0) is 36.4 Å². The van der Waals surface area contributed by atoms with E-state index in [1.165, 1.54) is 4.88 Å². The maximum atomic E-state index is 11.6. The molecule has 2 aromatic rings. The van der Waals surface area contributed by atoms with Crippen LogP contribution in [0.2, 0.25) is 0 Å². The summed E-state index contributed by atoms with van der Waals surface area (Å²) >= 11 is 1.74. The summed E-state index contributed by atoms with van der Waals surface area (Å²) in [5.41, 5.74) is 1.11. The van der Waals surface area contributed by atoms with E-state index in [0.717, 1.165) is 18.5 Å². The lowest BCUT2D eigenvalue weighted by Crippen LogP contribution is -2.19. The Morgan fingerprint density at radius 2 is 2.27 bits per heavy atom. The van der Waals surface area contributed by atoms with Crippen molar-refractivity contribution in [3.63, 3.8) is 0 Å². The van der Waals surface area contributed by atoms with E-state index in [2.05, 4.69) is 11.4 Å². The number of aromatic nitrogens is 1. The summed E-state index contributed by atoms with van der Waals surface area (Å²) < 4.78 is 1.76. The molecule has 0 bridgehead atoms. The summed E-state index contributed by atoms with van der Waals surface area (Å²) in [6.07, 6.45) is 2.80. The Kier molecular flexibility index (Phi) is 3.02. The van der Waals surface area contributed by atoms with Crippen LogP contribution in [0.25, 0.3) is 0 Å². The van der Waals surface area contributed by atoms with Crippen LogP contribution < -0.4 is 5.56 Å². The van der Waals surface area contributed by atoms with Crippen LogP contribution in [0.3, 0.4) is 0 Å². The molecule has 0 fully saturated rings. The molecule has 0 aliphatic rings. The Hall–Kier alpha value is -1.35. The number of aryl methyl sites for hydroxylation is 3. The van der Waals surface area contributed by atoms with Crippen molar-refractivity contribution in [3.8, 4) is 0 Å². The molecule has 0 aromatic carbocycles. The quantitative estimate of drug-likeness (QED) is 0.777. The molecular formula is C12H13NOS. The topological polar surface area (TPSA) is 22.0 Å². The van der Waals surface area contributed by atoms with E-state index in [9.17, 15) is 4.79 Å². The highest BCUT2D eigenvalue weighted by Gasteiger charge is 1.97. The lowest BCUT2D eigenvalue weighted by atomic mass is 10.3. The number of nitrogens with zero attached hydrogens (tertiary/aromatic N) is 1. The van der Waals surface area contributed by atoms with Crippen LogP contribution in [-0.4, -0.2) is 4.57 Å². The van der Waals surface area contributed by atoms with Gasteiger partial charge in [-0.3, -0.25) is 4.79 Å². The molecular weight excluding hydrogens is 206 g/mol. The van der Waals surface area contributed by atoms with Gasteiger partial charge in [0.15, 0.2) is 0 Å². The van der Waals surface area contributed by atoms with Crippen molar-refractivity contribution in [1.82, 2.24) is 4.57 Å². The van der Waals surface area contributed by atoms with Crippen molar-refractivity contribution in [2.75, 3.05) is 0 Å². The third-order valence-electron chi connectivity index (χ3n) is 2.33. The summed E-state index contributed by atoms with van der Waals surface area (Å²) in [5.74, 6) is 0. The fraction of sp³-hybridized carbons (Fsp3) is 0.250. The van der Waals surface area contributed by atoms with Crippen LogP contribution in [0.15, 0.2) is 40.6 Å². The fourth-order valence-corrected chi connectivity index (χ4v) is 2.18. The molecule has 0 aliphatic heterocycles. The zero-order valence-electron chi connectivity index (χ0n) is 8.64. The van der Waals surface area contributed by atoms with Crippen molar-refractivity contribution in [3.05, 3.63) is 56.6 Å². The van der Waals surface area contributed by atoms with Gasteiger partial charge >= 0.3 is 0 Å². The molecule has 2 rings (SSSR count). The zero-order chi connectivity index (χ0) is 10.7. The van der Waals surface area contributed by atoms with Gasteiger partial charge in [-0.1, -0.05) is 6.07 Å². The molecule has 2 heterocycles. The van der Waals surface area contributed by atoms with Gasteiger partial charge in [-0.2, -0.15) is 0 Å². The van der Waals surface area contributed by atoms with Gasteiger partial charge in [0.25, 0.3) is 5.56 Å². The van der Waals surface area contributed by atoms with E-state index in [0.29, 0.717) is 0 Å². The molecule has 2 aromatic heterocycles. The molecule has 0 N–H and O–H groups in total. The highest BCUT2D eigenvalue weighted by Crippen LogP contribution is 2.09. The maximum absolute atomic E-state index is 11.6. The van der Waals surface area contributed by atoms with Crippen LogP contribution >= 0.6 is 11.3 Å². The maximum Gasteiger partial charge on any atom is 0.250 e. The SMILES string of the molecule is Cc1ccn(CCc2cccs2)c(=O)c1. The highest BCUT2D eigenvalue weighted by atomic mass is 32.1. The van der Waals surface area contributed by atoms with Crippen molar-refractivity contribution in [1.29, 1.82) is 0 Å². The van der Waals surface area contributed by atoms with Crippen LogP contribution in [0, 0.1) is 6.92 Å². The molecule has 0 saturated carbocycles. The molecule has 0 saturated heterocycles. The second-order valence-corrected chi connectivity index (χ2v) is 4.60. The molecule has 0 aliphatic carbocycles. The fourth-order valence-electron chi connectivity index (χ4n) is 1.48. The number of hydrogen-bond donors (Lipinski definition) is 0. The number of thiophene rings is 1. The number of pyridine rings is 1. The first kappa shape index (κ1) is 10.2. The van der Waals surface area contributed by atoms with Crippen molar-refractivity contribution in [2.24, 2.45) is 0 Å². The number of hydrogen-bond acceptors (Lipinski definition) is 2. The molecule has 3 heteroatoms. The largest absolute Gasteiger partial charge is 0.315 e. The Morgan fingerprint density at radius 1 is 1.40 bits per heavy atom. The first-order valence-electron chi connectivity index (χ1n) is 4.95. The predicted octanol–water partition coefficient (Wildman–Crippen LogP) is 2.46. The average molecular weight is 219 g/mol. The molecule has 2 nitrogen and oxygen atoms in total. The van der Waals surface area contributed by atoms with Gasteiger partial charge in [0.05, 0.1) is 0 Å². The minimum absolute atomic E-state index is 0.0894. The predicted molar refractivity (Wildman–Crippen MR) is 63.5 cm³/mol. The second kappa shape index (κ2) is 4.45. The van der Waals surface area contributed by atoms with E-state index < -0.39 is 0 Å². The van der Waals surface area contributed by atoms with Crippen LogP contribution in [-0.2, 0) is 13.0 Å². The van der Waals surface area contributed by atoms with E-state index in [-0.39, 0.29) is 5.56 Å². The molecule has 0 unspecified atom stereocenters.